The molecule has 1 unspecified atom stereocenters. The van der Waals surface area contributed by atoms with Crippen LogP contribution in [0.15, 0.2) is 17.5 Å². The minimum atomic E-state index is -1.08. The fourth-order valence-corrected chi connectivity index (χ4v) is 5.38. The summed E-state index contributed by atoms with van der Waals surface area (Å²) in [5.41, 5.74) is 10.8. The number of nitrogens with two attached hydrogens (primary N) is 2. The minimum absolute atomic E-state index is 0.00296. The molecule has 2 aromatic rings. The van der Waals surface area contributed by atoms with Crippen LogP contribution in [0.25, 0.3) is 0 Å². The van der Waals surface area contributed by atoms with E-state index in [0.717, 1.165) is 37.0 Å². The number of carbonyl (C=O) groups excluding carboxylic acids is 4. The van der Waals surface area contributed by atoms with E-state index >= 15 is 0 Å². The minimum Gasteiger partial charge on any atom is -0.465 e. The molecule has 1 aliphatic carbocycles. The molecule has 1 fully saturated rings. The van der Waals surface area contributed by atoms with Crippen molar-refractivity contribution < 1.29 is 23.9 Å². The lowest BCUT2D eigenvalue weighted by molar-refractivity contribution is -0.145. The van der Waals surface area contributed by atoms with Gasteiger partial charge in [0.25, 0.3) is 11.8 Å². The number of nitrogen functional groups attached to an aromatic ring is 1. The molecule has 33 heavy (non-hydrogen) atoms. The molecule has 0 aromatic carbocycles. The standard InChI is InChI=1S/C21H27N5O5S2/c1-2-31-14(27)11-26(21(30)18-15(22)16(19(23)28)25-33-18)17(13-9-6-10-32-13)20(29)24-12-7-4-3-5-8-12/h6,9-10,12,17H,2-5,7-8,11,22H2,1H3,(H2,23,28)(H,24,29). The van der Waals surface area contributed by atoms with Crippen LogP contribution in [0.4, 0.5) is 5.69 Å². The van der Waals surface area contributed by atoms with Crippen molar-refractivity contribution in [2.45, 2.75) is 51.1 Å². The van der Waals surface area contributed by atoms with E-state index in [0.29, 0.717) is 16.4 Å². The zero-order valence-electron chi connectivity index (χ0n) is 18.2. The molecule has 1 atom stereocenters. The first-order chi connectivity index (χ1) is 15.8. The van der Waals surface area contributed by atoms with Gasteiger partial charge in [-0.3, -0.25) is 19.2 Å². The number of anilines is 1. The van der Waals surface area contributed by atoms with Crippen LogP contribution in [0.5, 0.6) is 0 Å². The first-order valence-electron chi connectivity index (χ1n) is 10.7. The number of nitrogens with one attached hydrogen (secondary N) is 1. The lowest BCUT2D eigenvalue weighted by Gasteiger charge is -2.31. The molecule has 12 heteroatoms. The first-order valence-corrected chi connectivity index (χ1v) is 12.3. The molecule has 1 saturated carbocycles. The summed E-state index contributed by atoms with van der Waals surface area (Å²) in [6.07, 6.45) is 4.89. The van der Waals surface area contributed by atoms with Crippen molar-refractivity contribution in [3.8, 4) is 0 Å². The molecular formula is C21H27N5O5S2. The van der Waals surface area contributed by atoms with E-state index in [4.69, 9.17) is 16.2 Å². The van der Waals surface area contributed by atoms with Gasteiger partial charge in [-0.1, -0.05) is 25.3 Å². The predicted molar refractivity (Wildman–Crippen MR) is 125 cm³/mol. The van der Waals surface area contributed by atoms with E-state index in [-0.39, 0.29) is 34.8 Å². The number of aromatic nitrogens is 1. The maximum Gasteiger partial charge on any atom is 0.325 e. The zero-order valence-corrected chi connectivity index (χ0v) is 19.9. The van der Waals surface area contributed by atoms with E-state index < -0.39 is 30.4 Å². The molecule has 1 aliphatic rings. The molecule has 2 heterocycles. The summed E-state index contributed by atoms with van der Waals surface area (Å²) in [5.74, 6) is -2.64. The Balaban J connectivity index is 1.98. The van der Waals surface area contributed by atoms with Crippen molar-refractivity contribution in [1.29, 1.82) is 0 Å². The highest BCUT2D eigenvalue weighted by Gasteiger charge is 2.37. The number of ether oxygens (including phenoxy) is 1. The highest BCUT2D eigenvalue weighted by atomic mass is 32.1. The number of amides is 3. The molecule has 0 spiro atoms. The third-order valence-corrected chi connectivity index (χ3v) is 7.12. The topological polar surface area (TPSA) is 158 Å². The molecule has 2 aromatic heterocycles. The summed E-state index contributed by atoms with van der Waals surface area (Å²) in [4.78, 5) is 52.6. The molecule has 0 radical (unpaired) electrons. The van der Waals surface area contributed by atoms with Gasteiger partial charge in [0.15, 0.2) is 5.69 Å². The van der Waals surface area contributed by atoms with Crippen molar-refractivity contribution in [2.75, 3.05) is 18.9 Å². The number of esters is 1. The molecule has 178 valence electrons. The largest absolute Gasteiger partial charge is 0.465 e. The van der Waals surface area contributed by atoms with Gasteiger partial charge in [-0.15, -0.1) is 11.3 Å². The second-order valence-corrected chi connectivity index (χ2v) is 9.39. The molecule has 5 N–H and O–H groups in total. The lowest BCUT2D eigenvalue weighted by atomic mass is 9.95. The third kappa shape index (κ3) is 5.88. The highest BCUT2D eigenvalue weighted by Crippen LogP contribution is 2.31. The Labute approximate surface area is 199 Å². The van der Waals surface area contributed by atoms with Crippen LogP contribution in [0, 0.1) is 0 Å². The SMILES string of the molecule is CCOC(=O)CN(C(=O)c1snc(C(N)=O)c1N)C(C(=O)NC1CCCCC1)c1cccs1. The molecule has 0 bridgehead atoms. The summed E-state index contributed by atoms with van der Waals surface area (Å²) in [7, 11) is 0. The maximum atomic E-state index is 13.6. The lowest BCUT2D eigenvalue weighted by Crippen LogP contribution is -2.48. The quantitative estimate of drug-likeness (QED) is 0.451. The smallest absolute Gasteiger partial charge is 0.325 e. The van der Waals surface area contributed by atoms with Gasteiger partial charge < -0.3 is 26.4 Å². The number of rotatable bonds is 9. The summed E-state index contributed by atoms with van der Waals surface area (Å²) in [6.45, 7) is 1.29. The average Bonchev–Trinajstić information content (AvgIpc) is 3.43. The average molecular weight is 494 g/mol. The molecular weight excluding hydrogens is 466 g/mol. The highest BCUT2D eigenvalue weighted by molar-refractivity contribution is 7.10. The van der Waals surface area contributed by atoms with Crippen LogP contribution < -0.4 is 16.8 Å². The summed E-state index contributed by atoms with van der Waals surface area (Å²) in [5, 5.41) is 4.83. The predicted octanol–water partition coefficient (Wildman–Crippen LogP) is 2.08. The number of hydrogen-bond donors (Lipinski definition) is 3. The second kappa shape index (κ2) is 11.2. The van der Waals surface area contributed by atoms with E-state index in [2.05, 4.69) is 9.69 Å². The second-order valence-electron chi connectivity index (χ2n) is 7.64. The van der Waals surface area contributed by atoms with Crippen molar-refractivity contribution in [3.05, 3.63) is 33.0 Å². The number of primary amides is 1. The van der Waals surface area contributed by atoms with Gasteiger partial charge in [0.05, 0.1) is 12.3 Å². The molecule has 0 aliphatic heterocycles. The Morgan fingerprint density at radius 3 is 2.58 bits per heavy atom. The van der Waals surface area contributed by atoms with Crippen molar-refractivity contribution in [1.82, 2.24) is 14.6 Å². The number of thiophene rings is 1. The van der Waals surface area contributed by atoms with Gasteiger partial charge in [-0.25, -0.2) is 0 Å². The fourth-order valence-electron chi connectivity index (χ4n) is 3.78. The van der Waals surface area contributed by atoms with Gasteiger partial charge in [0.1, 0.15) is 17.5 Å². The molecule has 10 nitrogen and oxygen atoms in total. The van der Waals surface area contributed by atoms with Crippen molar-refractivity contribution in [2.24, 2.45) is 5.73 Å². The van der Waals surface area contributed by atoms with Gasteiger partial charge in [0, 0.05) is 10.9 Å². The van der Waals surface area contributed by atoms with Gasteiger partial charge in [-0.05, 0) is 42.7 Å². The summed E-state index contributed by atoms with van der Waals surface area (Å²) in [6, 6.07) is 2.41. The van der Waals surface area contributed by atoms with E-state index in [1.165, 1.54) is 11.3 Å². The van der Waals surface area contributed by atoms with E-state index in [9.17, 15) is 19.2 Å². The molecule has 0 saturated heterocycles. The van der Waals surface area contributed by atoms with Gasteiger partial charge in [-0.2, -0.15) is 4.37 Å². The maximum absolute atomic E-state index is 13.6. The number of carbonyl (C=O) groups is 4. The van der Waals surface area contributed by atoms with Gasteiger partial charge >= 0.3 is 5.97 Å². The Morgan fingerprint density at radius 1 is 1.27 bits per heavy atom. The third-order valence-electron chi connectivity index (χ3n) is 5.35. The van der Waals surface area contributed by atoms with Crippen LogP contribution in [0.1, 0.15) is 70.1 Å². The zero-order chi connectivity index (χ0) is 24.0. The van der Waals surface area contributed by atoms with Gasteiger partial charge in [0.2, 0.25) is 5.91 Å². The molecule has 3 amide bonds. The fraction of sp³-hybridized carbons (Fsp3) is 0.476. The van der Waals surface area contributed by atoms with Crippen molar-refractivity contribution in [3.63, 3.8) is 0 Å². The Bertz CT molecular complexity index is 1000. The Morgan fingerprint density at radius 2 is 2.00 bits per heavy atom. The van der Waals surface area contributed by atoms with E-state index in [1.807, 2.05) is 0 Å². The van der Waals surface area contributed by atoms with E-state index in [1.54, 1.807) is 24.4 Å². The van der Waals surface area contributed by atoms with Crippen LogP contribution in [0.2, 0.25) is 0 Å². The van der Waals surface area contributed by atoms with Crippen molar-refractivity contribution >= 4 is 52.2 Å². The monoisotopic (exact) mass is 493 g/mol. The number of nitrogens with zero attached hydrogens (tertiary/aromatic N) is 2. The van der Waals surface area contributed by atoms with Crippen LogP contribution >= 0.6 is 22.9 Å². The number of hydrogen-bond acceptors (Lipinski definition) is 9. The summed E-state index contributed by atoms with van der Waals surface area (Å²) < 4.78 is 8.93. The normalized spacial score (nSPS) is 14.9. The summed E-state index contributed by atoms with van der Waals surface area (Å²) >= 11 is 1.99. The Kier molecular flexibility index (Phi) is 8.39. The molecule has 3 rings (SSSR count). The Hall–Kier alpha value is -2.99. The van der Waals surface area contributed by atoms with Crippen LogP contribution in [0.3, 0.4) is 0 Å². The van der Waals surface area contributed by atoms with Crippen LogP contribution in [-0.4, -0.2) is 52.2 Å². The van der Waals surface area contributed by atoms with Crippen LogP contribution in [-0.2, 0) is 14.3 Å². The first kappa shape index (κ1) is 24.6.